The van der Waals surface area contributed by atoms with E-state index in [4.69, 9.17) is 0 Å². The van der Waals surface area contributed by atoms with Crippen molar-refractivity contribution in [3.63, 3.8) is 0 Å². The lowest BCUT2D eigenvalue weighted by atomic mass is 9.86. The van der Waals surface area contributed by atoms with Crippen molar-refractivity contribution in [2.45, 2.75) is 24.9 Å². The Morgan fingerprint density at radius 2 is 2.10 bits per heavy atom. The average molecular weight is 264 g/mol. The van der Waals surface area contributed by atoms with Crippen LogP contribution in [0.15, 0.2) is 29.4 Å². The van der Waals surface area contributed by atoms with E-state index in [9.17, 15) is 15.3 Å². The van der Waals surface area contributed by atoms with E-state index in [2.05, 4.69) is 5.10 Å². The number of Topliss-reactive ketones (excluding diaryl/α,β-unsaturated/α-hetero) is 1. The summed E-state index contributed by atoms with van der Waals surface area (Å²) in [7, 11) is 0. The fourth-order valence-corrected chi connectivity index (χ4v) is 3.06. The Kier molecular flexibility index (Phi) is 2.59. The Labute approximate surface area is 116 Å². The fourth-order valence-electron chi connectivity index (χ4n) is 3.06. The number of rotatable bonds is 1. The van der Waals surface area contributed by atoms with Crippen molar-refractivity contribution < 1.29 is 4.79 Å². The van der Waals surface area contributed by atoms with Crippen LogP contribution >= 0.6 is 0 Å². The number of nitrogens with zero attached hydrogens (tertiary/aromatic N) is 4. The quantitative estimate of drug-likeness (QED) is 0.774. The molecule has 1 aromatic rings. The molecule has 1 aromatic carbocycles. The molecule has 5 heteroatoms. The molecule has 2 aliphatic rings. The highest BCUT2D eigenvalue weighted by Crippen LogP contribution is 2.49. The average Bonchev–Trinajstić information content (AvgIpc) is 2.83. The zero-order valence-electron chi connectivity index (χ0n) is 10.9. The molecule has 1 fully saturated rings. The molecule has 0 N–H and O–H groups in total. The van der Waals surface area contributed by atoms with Crippen LogP contribution in [0.1, 0.15) is 30.5 Å². The third-order valence-electron chi connectivity index (χ3n) is 4.08. The van der Waals surface area contributed by atoms with E-state index < -0.39 is 5.54 Å². The van der Waals surface area contributed by atoms with Crippen molar-refractivity contribution in [2.24, 2.45) is 11.0 Å². The Morgan fingerprint density at radius 3 is 2.75 bits per heavy atom. The van der Waals surface area contributed by atoms with Crippen LogP contribution in [0.3, 0.4) is 0 Å². The molecule has 3 rings (SSSR count). The van der Waals surface area contributed by atoms with Gasteiger partial charge in [0.25, 0.3) is 0 Å². The summed E-state index contributed by atoms with van der Waals surface area (Å²) in [6.07, 6.45) is 1.85. The van der Waals surface area contributed by atoms with Crippen molar-refractivity contribution in [1.82, 2.24) is 5.01 Å². The van der Waals surface area contributed by atoms with Gasteiger partial charge in [-0.3, -0.25) is 9.80 Å². The maximum absolute atomic E-state index is 11.9. The summed E-state index contributed by atoms with van der Waals surface area (Å²) in [5.74, 6) is -0.396. The molecule has 0 spiro atoms. The number of carbonyl (C=O) groups excluding carboxylic acids is 1. The molecule has 2 atom stereocenters. The van der Waals surface area contributed by atoms with Gasteiger partial charge in [0.1, 0.15) is 17.9 Å². The molecular weight excluding hydrogens is 252 g/mol. The minimum atomic E-state index is -1.36. The van der Waals surface area contributed by atoms with Gasteiger partial charge in [-0.15, -0.1) is 0 Å². The lowest BCUT2D eigenvalue weighted by Gasteiger charge is -2.33. The topological polar surface area (TPSA) is 80.2 Å². The summed E-state index contributed by atoms with van der Waals surface area (Å²) in [4.78, 5) is 11.9. The molecular formula is C15H12N4O. The molecule has 98 valence electrons. The summed E-state index contributed by atoms with van der Waals surface area (Å²) in [5.41, 5.74) is 0.534. The molecule has 0 bridgehead atoms. The van der Waals surface area contributed by atoms with Gasteiger partial charge in [-0.2, -0.15) is 15.6 Å². The molecule has 2 heterocycles. The Balaban J connectivity index is 2.19. The third-order valence-corrected chi connectivity index (χ3v) is 4.08. The van der Waals surface area contributed by atoms with Crippen molar-refractivity contribution in [3.8, 4) is 12.1 Å². The zero-order chi connectivity index (χ0) is 14.3. The SMILES string of the molecule is CC(=O)[C@H]1CC(C#N)(C#N)N2N=Cc3ccccc3[C@@H]12. The zero-order valence-corrected chi connectivity index (χ0v) is 10.9. The molecule has 0 radical (unpaired) electrons. The second-order valence-corrected chi connectivity index (χ2v) is 5.17. The molecule has 0 aliphatic carbocycles. The lowest BCUT2D eigenvalue weighted by Crippen LogP contribution is -2.40. The second kappa shape index (κ2) is 4.18. The third kappa shape index (κ3) is 1.47. The van der Waals surface area contributed by atoms with E-state index in [-0.39, 0.29) is 24.2 Å². The number of fused-ring (bicyclic) bond motifs is 3. The van der Waals surface area contributed by atoms with E-state index in [1.165, 1.54) is 11.9 Å². The molecule has 5 nitrogen and oxygen atoms in total. The van der Waals surface area contributed by atoms with Gasteiger partial charge in [-0.25, -0.2) is 0 Å². The molecule has 0 aromatic heterocycles. The summed E-state index contributed by atoms with van der Waals surface area (Å²) >= 11 is 0. The highest BCUT2D eigenvalue weighted by molar-refractivity contribution is 5.86. The van der Waals surface area contributed by atoms with Crippen LogP contribution in [0, 0.1) is 28.6 Å². The maximum Gasteiger partial charge on any atom is 0.230 e. The molecule has 0 amide bonds. The van der Waals surface area contributed by atoms with Gasteiger partial charge in [0.2, 0.25) is 5.54 Å². The first-order chi connectivity index (χ1) is 9.63. The van der Waals surface area contributed by atoms with Gasteiger partial charge in [0.05, 0.1) is 12.3 Å². The Bertz CT molecular complexity index is 681. The van der Waals surface area contributed by atoms with E-state index in [1.54, 1.807) is 6.21 Å². The molecule has 0 saturated carbocycles. The van der Waals surface area contributed by atoms with E-state index in [0.717, 1.165) is 11.1 Å². The summed E-state index contributed by atoms with van der Waals surface area (Å²) in [5, 5.41) is 24.6. The predicted molar refractivity (Wildman–Crippen MR) is 71.4 cm³/mol. The van der Waals surface area contributed by atoms with Crippen LogP contribution in [0.2, 0.25) is 0 Å². The maximum atomic E-state index is 11.9. The van der Waals surface area contributed by atoms with Crippen molar-refractivity contribution in [2.75, 3.05) is 0 Å². The monoisotopic (exact) mass is 264 g/mol. The van der Waals surface area contributed by atoms with Gasteiger partial charge in [0.15, 0.2) is 0 Å². The van der Waals surface area contributed by atoms with Gasteiger partial charge in [0, 0.05) is 12.3 Å². The number of benzene rings is 1. The first-order valence-corrected chi connectivity index (χ1v) is 6.38. The lowest BCUT2D eigenvalue weighted by molar-refractivity contribution is -0.121. The van der Waals surface area contributed by atoms with Gasteiger partial charge in [-0.1, -0.05) is 24.3 Å². The van der Waals surface area contributed by atoms with Crippen LogP contribution in [0.4, 0.5) is 0 Å². The van der Waals surface area contributed by atoms with Crippen molar-refractivity contribution >= 4 is 12.0 Å². The number of hydrogen-bond acceptors (Lipinski definition) is 5. The largest absolute Gasteiger partial charge is 0.300 e. The van der Waals surface area contributed by atoms with Gasteiger partial charge >= 0.3 is 0 Å². The summed E-state index contributed by atoms with van der Waals surface area (Å²) < 4.78 is 0. The predicted octanol–water partition coefficient (Wildman–Crippen LogP) is 1.77. The van der Waals surface area contributed by atoms with E-state index in [1.807, 2.05) is 36.4 Å². The summed E-state index contributed by atoms with van der Waals surface area (Å²) in [6, 6.07) is 11.4. The Hall–Kier alpha value is -2.66. The van der Waals surface area contributed by atoms with Crippen molar-refractivity contribution in [1.29, 1.82) is 10.5 Å². The minimum Gasteiger partial charge on any atom is -0.300 e. The normalized spacial score (nSPS) is 25.2. The fraction of sp³-hybridized carbons (Fsp3) is 0.333. The van der Waals surface area contributed by atoms with E-state index >= 15 is 0 Å². The van der Waals surface area contributed by atoms with Gasteiger partial charge < -0.3 is 0 Å². The smallest absolute Gasteiger partial charge is 0.230 e. The molecule has 20 heavy (non-hydrogen) atoms. The number of hydrogen-bond donors (Lipinski definition) is 0. The first-order valence-electron chi connectivity index (χ1n) is 6.38. The summed E-state index contributed by atoms with van der Waals surface area (Å²) in [6.45, 7) is 1.51. The first kappa shape index (κ1) is 12.4. The molecule has 0 unspecified atom stereocenters. The van der Waals surface area contributed by atoms with Crippen LogP contribution in [-0.2, 0) is 4.79 Å². The Morgan fingerprint density at radius 1 is 1.40 bits per heavy atom. The highest BCUT2D eigenvalue weighted by atomic mass is 16.1. The number of ketones is 1. The minimum absolute atomic E-state index is 0.0146. The van der Waals surface area contributed by atoms with E-state index in [0.29, 0.717) is 0 Å². The van der Waals surface area contributed by atoms with Crippen LogP contribution < -0.4 is 0 Å². The highest BCUT2D eigenvalue weighted by Gasteiger charge is 2.56. The number of hydrazone groups is 1. The van der Waals surface area contributed by atoms with Crippen LogP contribution in [-0.4, -0.2) is 22.5 Å². The standard InChI is InChI=1S/C15H12N4O/c1-10(20)13-6-15(8-16,9-17)19-14(13)12-5-3-2-4-11(12)7-18-19/h2-5,7,13-14H,6H2,1H3/t13-,14+/m1/s1. The van der Waals surface area contributed by atoms with Crippen molar-refractivity contribution in [3.05, 3.63) is 35.4 Å². The van der Waals surface area contributed by atoms with Gasteiger partial charge in [-0.05, 0) is 18.1 Å². The number of nitriles is 2. The number of carbonyl (C=O) groups is 1. The van der Waals surface area contributed by atoms with Crippen LogP contribution in [0.25, 0.3) is 0 Å². The second-order valence-electron chi connectivity index (χ2n) is 5.17. The van der Waals surface area contributed by atoms with Crippen LogP contribution in [0.5, 0.6) is 0 Å². The molecule has 2 aliphatic heterocycles. The molecule has 1 saturated heterocycles.